The molecule has 8 nitrogen and oxygen atoms in total. The molecule has 0 aliphatic rings. The van der Waals surface area contributed by atoms with Crippen molar-refractivity contribution in [2.24, 2.45) is 5.10 Å². The molecule has 0 heterocycles. The smallest absolute Gasteiger partial charge is 0.336 e. The molecule has 3 aromatic carbocycles. The minimum atomic E-state index is -4.05. The Kier molecular flexibility index (Phi) is 7.62. The number of carboxylic acid groups (broad SMARTS) is 1. The van der Waals surface area contributed by atoms with Crippen LogP contribution >= 0.6 is 15.9 Å². The first-order valence-electron chi connectivity index (χ1n) is 9.67. The zero-order chi connectivity index (χ0) is 24.0. The number of rotatable bonds is 8. The van der Waals surface area contributed by atoms with Crippen molar-refractivity contribution in [2.45, 2.75) is 11.8 Å². The van der Waals surface area contributed by atoms with Gasteiger partial charge < -0.3 is 5.11 Å². The van der Waals surface area contributed by atoms with Crippen LogP contribution in [0.25, 0.3) is 0 Å². The summed E-state index contributed by atoms with van der Waals surface area (Å²) in [6.45, 7) is 1.31. The van der Waals surface area contributed by atoms with Crippen molar-refractivity contribution in [1.29, 1.82) is 0 Å². The molecule has 0 spiro atoms. The standard InChI is InChI=1S/C23H20BrN3O5S/c1-16-6-12-20(13-7-16)33(31,32)27(19-10-8-18(24)9-11-19)15-22(28)26-25-14-17-4-2-3-5-21(17)23(29)30/h2-14H,15H2,1H3,(H,26,28)(H,29,30)/b25-14-. The quantitative estimate of drug-likeness (QED) is 0.340. The average Bonchev–Trinajstić information content (AvgIpc) is 2.78. The van der Waals surface area contributed by atoms with Gasteiger partial charge in [0.2, 0.25) is 0 Å². The predicted molar refractivity (Wildman–Crippen MR) is 129 cm³/mol. The number of carbonyl (C=O) groups excluding carboxylic acids is 1. The first-order valence-corrected chi connectivity index (χ1v) is 11.9. The topological polar surface area (TPSA) is 116 Å². The van der Waals surface area contributed by atoms with Crippen molar-refractivity contribution in [3.8, 4) is 0 Å². The summed E-state index contributed by atoms with van der Waals surface area (Å²) in [6.07, 6.45) is 1.19. The first-order chi connectivity index (χ1) is 15.7. The number of aromatic carboxylic acids is 1. The Morgan fingerprint density at radius 1 is 1.03 bits per heavy atom. The number of aryl methyl sites for hydroxylation is 1. The molecule has 0 bridgehead atoms. The zero-order valence-electron chi connectivity index (χ0n) is 17.5. The van der Waals surface area contributed by atoms with E-state index < -0.39 is 28.4 Å². The van der Waals surface area contributed by atoms with Gasteiger partial charge in [0.1, 0.15) is 6.54 Å². The average molecular weight is 530 g/mol. The summed E-state index contributed by atoms with van der Waals surface area (Å²) in [6, 6.07) is 19.0. The van der Waals surface area contributed by atoms with Gasteiger partial charge in [-0.25, -0.2) is 18.6 Å². The number of benzene rings is 3. The van der Waals surface area contributed by atoms with Crippen molar-refractivity contribution in [3.63, 3.8) is 0 Å². The van der Waals surface area contributed by atoms with Crippen LogP contribution in [0.5, 0.6) is 0 Å². The van der Waals surface area contributed by atoms with Crippen LogP contribution in [0.3, 0.4) is 0 Å². The van der Waals surface area contributed by atoms with Crippen LogP contribution in [0.1, 0.15) is 21.5 Å². The van der Waals surface area contributed by atoms with E-state index in [-0.39, 0.29) is 10.5 Å². The molecule has 0 aliphatic carbocycles. The van der Waals surface area contributed by atoms with E-state index in [1.807, 2.05) is 6.92 Å². The van der Waals surface area contributed by atoms with Crippen LogP contribution < -0.4 is 9.73 Å². The number of amides is 1. The fraction of sp³-hybridized carbons (Fsp3) is 0.0870. The molecule has 170 valence electrons. The van der Waals surface area contributed by atoms with Crippen molar-refractivity contribution in [3.05, 3.63) is 94.0 Å². The number of carboxylic acids is 1. The van der Waals surface area contributed by atoms with Crippen LogP contribution in [0, 0.1) is 6.92 Å². The second-order valence-electron chi connectivity index (χ2n) is 6.99. The maximum absolute atomic E-state index is 13.3. The van der Waals surface area contributed by atoms with Gasteiger partial charge in [-0.2, -0.15) is 5.10 Å². The molecule has 1 amide bonds. The van der Waals surface area contributed by atoms with Crippen molar-refractivity contribution >= 4 is 49.7 Å². The Morgan fingerprint density at radius 2 is 1.67 bits per heavy atom. The molecule has 0 saturated heterocycles. The van der Waals surface area contributed by atoms with Gasteiger partial charge in [0, 0.05) is 10.0 Å². The molecule has 0 aromatic heterocycles. The number of hydrazone groups is 1. The summed E-state index contributed by atoms with van der Waals surface area (Å²) >= 11 is 3.31. The highest BCUT2D eigenvalue weighted by atomic mass is 79.9. The van der Waals surface area contributed by atoms with E-state index in [1.54, 1.807) is 48.5 Å². The SMILES string of the molecule is Cc1ccc(S(=O)(=O)N(CC(=O)N/N=C\c2ccccc2C(=O)O)c2ccc(Br)cc2)cc1. The Bertz CT molecular complexity index is 1290. The number of anilines is 1. The van der Waals surface area contributed by atoms with E-state index in [9.17, 15) is 23.1 Å². The molecule has 3 aromatic rings. The van der Waals surface area contributed by atoms with Crippen molar-refractivity contribution in [1.82, 2.24) is 5.43 Å². The third kappa shape index (κ3) is 6.05. The number of hydrogen-bond donors (Lipinski definition) is 2. The molecule has 33 heavy (non-hydrogen) atoms. The number of nitrogens with one attached hydrogen (secondary N) is 1. The summed E-state index contributed by atoms with van der Waals surface area (Å²) in [5.74, 6) is -1.83. The number of carbonyl (C=O) groups is 2. The van der Waals surface area contributed by atoms with Gasteiger partial charge in [-0.05, 0) is 49.4 Å². The van der Waals surface area contributed by atoms with E-state index in [2.05, 4.69) is 26.5 Å². The molecule has 0 atom stereocenters. The van der Waals surface area contributed by atoms with Crippen molar-refractivity contribution < 1.29 is 23.1 Å². The lowest BCUT2D eigenvalue weighted by molar-refractivity contribution is -0.119. The number of nitrogens with zero attached hydrogens (tertiary/aromatic N) is 2. The predicted octanol–water partition coefficient (Wildman–Crippen LogP) is 3.80. The van der Waals surface area contributed by atoms with E-state index in [0.717, 1.165) is 14.3 Å². The molecule has 3 rings (SSSR count). The van der Waals surface area contributed by atoms with E-state index >= 15 is 0 Å². The van der Waals surface area contributed by atoms with Gasteiger partial charge in [-0.15, -0.1) is 0 Å². The summed E-state index contributed by atoms with van der Waals surface area (Å²) in [7, 11) is -4.05. The third-order valence-corrected chi connectivity index (χ3v) is 6.91. The van der Waals surface area contributed by atoms with E-state index in [0.29, 0.717) is 11.3 Å². The van der Waals surface area contributed by atoms with Crippen LogP contribution in [-0.2, 0) is 14.8 Å². The van der Waals surface area contributed by atoms with Gasteiger partial charge in [-0.1, -0.05) is 51.8 Å². The fourth-order valence-electron chi connectivity index (χ4n) is 2.90. The third-order valence-electron chi connectivity index (χ3n) is 4.59. The number of hydrogen-bond acceptors (Lipinski definition) is 5. The van der Waals surface area contributed by atoms with Gasteiger partial charge in [0.05, 0.1) is 22.4 Å². The summed E-state index contributed by atoms with van der Waals surface area (Å²) in [5.41, 5.74) is 3.78. The van der Waals surface area contributed by atoms with Crippen LogP contribution in [0.2, 0.25) is 0 Å². The number of halogens is 1. The number of sulfonamides is 1. The lowest BCUT2D eigenvalue weighted by Crippen LogP contribution is -2.39. The van der Waals surface area contributed by atoms with Crippen LogP contribution in [0.15, 0.2) is 87.3 Å². The highest BCUT2D eigenvalue weighted by molar-refractivity contribution is 9.10. The highest BCUT2D eigenvalue weighted by Gasteiger charge is 2.27. The Morgan fingerprint density at radius 3 is 2.30 bits per heavy atom. The molecule has 0 saturated carbocycles. The minimum Gasteiger partial charge on any atom is -0.478 e. The Hall–Kier alpha value is -3.50. The van der Waals surface area contributed by atoms with E-state index in [4.69, 9.17) is 0 Å². The minimum absolute atomic E-state index is 0.0222. The molecule has 2 N–H and O–H groups in total. The molecule has 0 unspecified atom stereocenters. The van der Waals surface area contributed by atoms with E-state index in [1.165, 1.54) is 30.5 Å². The molecular formula is C23H20BrN3O5S. The monoisotopic (exact) mass is 529 g/mol. The second kappa shape index (κ2) is 10.4. The first kappa shape index (κ1) is 24.1. The fourth-order valence-corrected chi connectivity index (χ4v) is 4.59. The molecule has 0 aliphatic heterocycles. The summed E-state index contributed by atoms with van der Waals surface area (Å²) in [5, 5.41) is 13.0. The Balaban J connectivity index is 1.85. The Labute approximate surface area is 199 Å². The lowest BCUT2D eigenvalue weighted by Gasteiger charge is -2.23. The van der Waals surface area contributed by atoms with Crippen molar-refractivity contribution in [2.75, 3.05) is 10.8 Å². The van der Waals surface area contributed by atoms with Gasteiger partial charge in [0.25, 0.3) is 15.9 Å². The normalized spacial score (nSPS) is 11.3. The zero-order valence-corrected chi connectivity index (χ0v) is 19.9. The summed E-state index contributed by atoms with van der Waals surface area (Å²) in [4.78, 5) is 23.9. The van der Waals surface area contributed by atoms with Crippen LogP contribution in [0.4, 0.5) is 5.69 Å². The molecule has 10 heteroatoms. The van der Waals surface area contributed by atoms with Gasteiger partial charge in [-0.3, -0.25) is 9.10 Å². The maximum atomic E-state index is 13.3. The van der Waals surface area contributed by atoms with Gasteiger partial charge in [0.15, 0.2) is 0 Å². The molecular weight excluding hydrogens is 510 g/mol. The van der Waals surface area contributed by atoms with Crippen LogP contribution in [-0.4, -0.2) is 38.2 Å². The summed E-state index contributed by atoms with van der Waals surface area (Å²) < 4.78 is 28.4. The second-order valence-corrected chi connectivity index (χ2v) is 9.76. The molecule has 0 radical (unpaired) electrons. The lowest BCUT2D eigenvalue weighted by atomic mass is 10.1. The molecule has 0 fully saturated rings. The largest absolute Gasteiger partial charge is 0.478 e. The van der Waals surface area contributed by atoms with Gasteiger partial charge >= 0.3 is 5.97 Å². The highest BCUT2D eigenvalue weighted by Crippen LogP contribution is 2.25. The maximum Gasteiger partial charge on any atom is 0.336 e.